The van der Waals surface area contributed by atoms with E-state index < -0.39 is 6.09 Å². The first-order valence-corrected chi connectivity index (χ1v) is 6.63. The number of rotatable bonds is 5. The summed E-state index contributed by atoms with van der Waals surface area (Å²) >= 11 is 5.85. The Balaban J connectivity index is 1.79. The molecule has 0 aliphatic heterocycles. The summed E-state index contributed by atoms with van der Waals surface area (Å²) < 4.78 is 4.99. The van der Waals surface area contributed by atoms with Crippen LogP contribution in [0.2, 0.25) is 5.02 Å². The molecule has 1 aromatic carbocycles. The van der Waals surface area contributed by atoms with Crippen LogP contribution in [0, 0.1) is 0 Å². The van der Waals surface area contributed by atoms with Gasteiger partial charge in [0.05, 0.1) is 11.6 Å². The summed E-state index contributed by atoms with van der Waals surface area (Å²) in [7, 11) is 0. The lowest BCUT2D eigenvalue weighted by atomic mass is 10.2. The van der Waals surface area contributed by atoms with Crippen molar-refractivity contribution in [1.29, 1.82) is 0 Å². The highest BCUT2D eigenvalue weighted by atomic mass is 35.5. The van der Waals surface area contributed by atoms with E-state index in [0.29, 0.717) is 0 Å². The summed E-state index contributed by atoms with van der Waals surface area (Å²) in [5.74, 6) is -0.378. The van der Waals surface area contributed by atoms with Gasteiger partial charge in [0, 0.05) is 6.20 Å². The smallest absolute Gasteiger partial charge is 0.407 e. The van der Waals surface area contributed by atoms with E-state index in [0.717, 1.165) is 5.56 Å². The average molecular weight is 305 g/mol. The molecular weight excluding hydrogens is 292 g/mol. The number of hydrogen-bond donors (Lipinski definition) is 1. The minimum atomic E-state index is -0.667. The second-order valence-electron chi connectivity index (χ2n) is 4.17. The van der Waals surface area contributed by atoms with Gasteiger partial charge in [-0.05, 0) is 17.7 Å². The van der Waals surface area contributed by atoms with E-state index in [1.165, 1.54) is 6.20 Å². The quantitative estimate of drug-likeness (QED) is 0.862. The molecule has 2 aromatic rings. The standard InChI is InChI=1S/C15H13ClN2O3/c16-12-7-4-8-17-14(12)13(19)9-18-15(20)21-10-11-5-2-1-3-6-11/h1-8H,9-10H2,(H,18,20). The van der Waals surface area contributed by atoms with E-state index in [1.54, 1.807) is 12.1 Å². The number of alkyl carbamates (subject to hydrolysis) is 1. The van der Waals surface area contributed by atoms with Gasteiger partial charge in [-0.25, -0.2) is 4.79 Å². The number of ketones is 1. The molecule has 0 saturated heterocycles. The number of nitrogens with one attached hydrogen (secondary N) is 1. The number of pyridine rings is 1. The van der Waals surface area contributed by atoms with Crippen LogP contribution in [0.15, 0.2) is 48.7 Å². The zero-order chi connectivity index (χ0) is 15.1. The summed E-state index contributed by atoms with van der Waals surface area (Å²) in [5, 5.41) is 2.62. The molecular formula is C15H13ClN2O3. The average Bonchev–Trinajstić information content (AvgIpc) is 2.52. The molecule has 1 heterocycles. The van der Waals surface area contributed by atoms with Crippen molar-refractivity contribution >= 4 is 23.5 Å². The van der Waals surface area contributed by atoms with E-state index in [9.17, 15) is 9.59 Å². The predicted octanol–water partition coefficient (Wildman–Crippen LogP) is 2.84. The van der Waals surface area contributed by atoms with E-state index in [2.05, 4.69) is 10.3 Å². The second-order valence-corrected chi connectivity index (χ2v) is 4.58. The molecule has 0 saturated carbocycles. The lowest BCUT2D eigenvalue weighted by Gasteiger charge is -2.07. The van der Waals surface area contributed by atoms with Crippen molar-refractivity contribution in [1.82, 2.24) is 10.3 Å². The number of ether oxygens (including phenoxy) is 1. The van der Waals surface area contributed by atoms with Gasteiger partial charge in [0.15, 0.2) is 0 Å². The van der Waals surface area contributed by atoms with Gasteiger partial charge < -0.3 is 10.1 Å². The third kappa shape index (κ3) is 4.57. The van der Waals surface area contributed by atoms with Crippen LogP contribution >= 0.6 is 11.6 Å². The number of aromatic nitrogens is 1. The van der Waals surface area contributed by atoms with Crippen LogP contribution in [-0.4, -0.2) is 23.4 Å². The van der Waals surface area contributed by atoms with Crippen molar-refractivity contribution in [3.8, 4) is 0 Å². The maximum Gasteiger partial charge on any atom is 0.407 e. The molecule has 0 aliphatic rings. The molecule has 2 rings (SSSR count). The molecule has 0 radical (unpaired) electrons. The molecule has 0 unspecified atom stereocenters. The third-order valence-corrected chi connectivity index (χ3v) is 2.93. The summed E-state index contributed by atoms with van der Waals surface area (Å²) in [6, 6.07) is 12.4. The number of Topliss-reactive ketones (excluding diaryl/α,β-unsaturated/α-hetero) is 1. The summed E-state index contributed by atoms with van der Waals surface area (Å²) in [5.41, 5.74) is 0.995. The normalized spacial score (nSPS) is 9.95. The number of carbonyl (C=O) groups excluding carboxylic acids is 2. The largest absolute Gasteiger partial charge is 0.445 e. The van der Waals surface area contributed by atoms with Crippen molar-refractivity contribution in [3.05, 3.63) is 64.9 Å². The second kappa shape index (κ2) is 7.40. The molecule has 6 heteroatoms. The zero-order valence-electron chi connectivity index (χ0n) is 11.1. The highest BCUT2D eigenvalue weighted by Gasteiger charge is 2.13. The van der Waals surface area contributed by atoms with Crippen LogP contribution in [0.3, 0.4) is 0 Å². The Kier molecular flexibility index (Phi) is 5.29. The van der Waals surface area contributed by atoms with Crippen LogP contribution in [0.25, 0.3) is 0 Å². The van der Waals surface area contributed by atoms with Crippen molar-refractivity contribution < 1.29 is 14.3 Å². The molecule has 1 aromatic heterocycles. The maximum absolute atomic E-state index is 11.8. The van der Waals surface area contributed by atoms with Crippen LogP contribution in [0.4, 0.5) is 4.79 Å². The Morgan fingerprint density at radius 2 is 1.90 bits per heavy atom. The number of carbonyl (C=O) groups is 2. The first-order valence-electron chi connectivity index (χ1n) is 6.25. The maximum atomic E-state index is 11.8. The molecule has 0 bridgehead atoms. The molecule has 0 atom stereocenters. The molecule has 0 aliphatic carbocycles. The van der Waals surface area contributed by atoms with Gasteiger partial charge >= 0.3 is 6.09 Å². The van der Waals surface area contributed by atoms with Crippen molar-refractivity contribution in [2.75, 3.05) is 6.54 Å². The first kappa shape index (κ1) is 15.0. The molecule has 1 amide bonds. The van der Waals surface area contributed by atoms with Gasteiger partial charge in [0.2, 0.25) is 5.78 Å². The van der Waals surface area contributed by atoms with Gasteiger partial charge in [-0.1, -0.05) is 41.9 Å². The number of benzene rings is 1. The Bertz CT molecular complexity index is 632. The predicted molar refractivity (Wildman–Crippen MR) is 78.2 cm³/mol. The van der Waals surface area contributed by atoms with Gasteiger partial charge in [0.25, 0.3) is 0 Å². The van der Waals surface area contributed by atoms with Crippen molar-refractivity contribution in [2.24, 2.45) is 0 Å². The van der Waals surface area contributed by atoms with Crippen LogP contribution in [-0.2, 0) is 11.3 Å². The minimum absolute atomic E-state index is 0.127. The monoisotopic (exact) mass is 304 g/mol. The first-order chi connectivity index (χ1) is 10.2. The Labute approximate surface area is 126 Å². The highest BCUT2D eigenvalue weighted by molar-refractivity contribution is 6.33. The molecule has 108 valence electrons. The fraction of sp³-hybridized carbons (Fsp3) is 0.133. The van der Waals surface area contributed by atoms with Crippen molar-refractivity contribution in [3.63, 3.8) is 0 Å². The highest BCUT2D eigenvalue weighted by Crippen LogP contribution is 2.12. The van der Waals surface area contributed by atoms with Gasteiger partial charge in [-0.3, -0.25) is 9.78 Å². The zero-order valence-corrected chi connectivity index (χ0v) is 11.8. The lowest BCUT2D eigenvalue weighted by Crippen LogP contribution is -2.30. The molecule has 0 fully saturated rings. The Morgan fingerprint density at radius 1 is 1.14 bits per heavy atom. The van der Waals surface area contributed by atoms with Crippen molar-refractivity contribution in [2.45, 2.75) is 6.61 Å². The molecule has 0 spiro atoms. The number of amides is 1. The van der Waals surface area contributed by atoms with Gasteiger partial charge in [-0.15, -0.1) is 0 Å². The van der Waals surface area contributed by atoms with E-state index in [4.69, 9.17) is 16.3 Å². The molecule has 5 nitrogen and oxygen atoms in total. The number of nitrogens with zero attached hydrogens (tertiary/aromatic N) is 1. The SMILES string of the molecule is O=C(NCC(=O)c1ncccc1Cl)OCc1ccccc1. The topological polar surface area (TPSA) is 68.3 Å². The third-order valence-electron chi connectivity index (χ3n) is 2.63. The summed E-state index contributed by atoms with van der Waals surface area (Å²) in [6.45, 7) is -0.0738. The summed E-state index contributed by atoms with van der Waals surface area (Å²) in [4.78, 5) is 27.2. The summed E-state index contributed by atoms with van der Waals surface area (Å²) in [6.07, 6.45) is 0.798. The van der Waals surface area contributed by atoms with Gasteiger partial charge in [-0.2, -0.15) is 0 Å². The minimum Gasteiger partial charge on any atom is -0.445 e. The van der Waals surface area contributed by atoms with Crippen LogP contribution < -0.4 is 5.32 Å². The Morgan fingerprint density at radius 3 is 2.62 bits per heavy atom. The fourth-order valence-corrected chi connectivity index (χ4v) is 1.83. The number of halogens is 1. The van der Waals surface area contributed by atoms with E-state index in [-0.39, 0.29) is 29.7 Å². The molecule has 21 heavy (non-hydrogen) atoms. The Hall–Kier alpha value is -2.40. The fourth-order valence-electron chi connectivity index (χ4n) is 1.60. The van der Waals surface area contributed by atoms with E-state index >= 15 is 0 Å². The van der Waals surface area contributed by atoms with Crippen LogP contribution in [0.5, 0.6) is 0 Å². The van der Waals surface area contributed by atoms with Gasteiger partial charge in [0.1, 0.15) is 12.3 Å². The molecule has 1 N–H and O–H groups in total. The lowest BCUT2D eigenvalue weighted by molar-refractivity contribution is 0.0969. The number of hydrogen-bond acceptors (Lipinski definition) is 4. The van der Waals surface area contributed by atoms with E-state index in [1.807, 2.05) is 30.3 Å². The van der Waals surface area contributed by atoms with Crippen LogP contribution in [0.1, 0.15) is 16.1 Å².